The lowest BCUT2D eigenvalue weighted by Gasteiger charge is -2.18. The van der Waals surface area contributed by atoms with Crippen LogP contribution in [0.25, 0.3) is 0 Å². The van der Waals surface area contributed by atoms with Gasteiger partial charge in [-0.3, -0.25) is 4.90 Å². The largest absolute Gasteiger partial charge is 0.479 e. The zero-order chi connectivity index (χ0) is 12.8. The molecule has 2 amide bonds. The van der Waals surface area contributed by atoms with Gasteiger partial charge in [-0.2, -0.15) is 0 Å². The van der Waals surface area contributed by atoms with Gasteiger partial charge in [-0.05, 0) is 12.1 Å². The maximum Gasteiger partial charge on any atom is 0.334 e. The van der Waals surface area contributed by atoms with E-state index in [9.17, 15) is 9.59 Å². The fourth-order valence-electron chi connectivity index (χ4n) is 1.16. The van der Waals surface area contributed by atoms with Gasteiger partial charge in [0.25, 0.3) is 0 Å². The summed E-state index contributed by atoms with van der Waals surface area (Å²) < 4.78 is 0. The highest BCUT2D eigenvalue weighted by Gasteiger charge is 2.16. The van der Waals surface area contributed by atoms with Crippen molar-refractivity contribution in [3.05, 3.63) is 30.3 Å². The van der Waals surface area contributed by atoms with Crippen molar-refractivity contribution >= 4 is 17.7 Å². The van der Waals surface area contributed by atoms with Gasteiger partial charge in [0.2, 0.25) is 0 Å². The van der Waals surface area contributed by atoms with E-state index in [4.69, 9.17) is 10.2 Å². The van der Waals surface area contributed by atoms with Crippen LogP contribution < -0.4 is 10.2 Å². The summed E-state index contributed by atoms with van der Waals surface area (Å²) in [5, 5.41) is 19.7. The third-order valence-corrected chi connectivity index (χ3v) is 2.18. The number of nitrogens with one attached hydrogen (secondary N) is 1. The minimum absolute atomic E-state index is 0.328. The third-order valence-electron chi connectivity index (χ3n) is 2.18. The number of carbonyl (C=O) groups excluding carboxylic acids is 1. The van der Waals surface area contributed by atoms with Crippen molar-refractivity contribution in [1.29, 1.82) is 0 Å². The van der Waals surface area contributed by atoms with Crippen molar-refractivity contribution in [2.45, 2.75) is 6.10 Å². The smallest absolute Gasteiger partial charge is 0.334 e. The maximum atomic E-state index is 11.6. The molecule has 0 aromatic heterocycles. The van der Waals surface area contributed by atoms with Crippen LogP contribution in [0, 0.1) is 0 Å². The molecular formula is C11H14N2O4. The molecule has 6 heteroatoms. The Morgan fingerprint density at radius 2 is 1.94 bits per heavy atom. The number of carbonyl (C=O) groups is 2. The van der Waals surface area contributed by atoms with Crippen LogP contribution in [-0.4, -0.2) is 41.9 Å². The van der Waals surface area contributed by atoms with Gasteiger partial charge in [-0.1, -0.05) is 18.2 Å². The van der Waals surface area contributed by atoms with Crippen molar-refractivity contribution < 1.29 is 19.8 Å². The molecule has 0 saturated carbocycles. The Morgan fingerprint density at radius 3 is 2.47 bits per heavy atom. The van der Waals surface area contributed by atoms with Crippen LogP contribution in [0.1, 0.15) is 0 Å². The number of carboxylic acid groups (broad SMARTS) is 1. The molecule has 1 atom stereocenters. The highest BCUT2D eigenvalue weighted by atomic mass is 16.4. The number of hydrogen-bond acceptors (Lipinski definition) is 3. The molecule has 1 aromatic rings. The number of nitrogens with zero attached hydrogens (tertiary/aromatic N) is 1. The number of amides is 2. The molecule has 0 aliphatic carbocycles. The van der Waals surface area contributed by atoms with Gasteiger partial charge >= 0.3 is 12.0 Å². The molecule has 0 aliphatic heterocycles. The van der Waals surface area contributed by atoms with E-state index in [1.54, 1.807) is 31.3 Å². The van der Waals surface area contributed by atoms with E-state index in [2.05, 4.69) is 5.32 Å². The quantitative estimate of drug-likeness (QED) is 0.702. The van der Waals surface area contributed by atoms with E-state index in [0.717, 1.165) is 0 Å². The molecule has 92 valence electrons. The Hall–Kier alpha value is -2.08. The topological polar surface area (TPSA) is 89.9 Å². The average Bonchev–Trinajstić information content (AvgIpc) is 2.35. The molecule has 17 heavy (non-hydrogen) atoms. The number of para-hydroxylation sites is 1. The second kappa shape index (κ2) is 5.86. The van der Waals surface area contributed by atoms with Gasteiger partial charge in [0.1, 0.15) is 0 Å². The van der Waals surface area contributed by atoms with Crippen LogP contribution in [0.15, 0.2) is 30.3 Å². The first-order valence-electron chi connectivity index (χ1n) is 5.00. The number of hydrogen-bond donors (Lipinski definition) is 3. The highest BCUT2D eigenvalue weighted by molar-refractivity contribution is 5.91. The van der Waals surface area contributed by atoms with Gasteiger partial charge in [0.15, 0.2) is 6.10 Å². The molecule has 0 bridgehead atoms. The SMILES string of the molecule is CN(C(=O)NCC(O)C(=O)O)c1ccccc1. The zero-order valence-corrected chi connectivity index (χ0v) is 9.33. The predicted octanol–water partition coefficient (Wildman–Crippen LogP) is 0.278. The molecule has 0 radical (unpaired) electrons. The second-order valence-electron chi connectivity index (χ2n) is 3.43. The van der Waals surface area contributed by atoms with Gasteiger partial charge in [0.05, 0.1) is 6.54 Å². The minimum atomic E-state index is -1.59. The van der Waals surface area contributed by atoms with E-state index < -0.39 is 18.1 Å². The molecule has 1 unspecified atom stereocenters. The van der Waals surface area contributed by atoms with Crippen LogP contribution in [0.5, 0.6) is 0 Å². The fraction of sp³-hybridized carbons (Fsp3) is 0.273. The van der Waals surface area contributed by atoms with Crippen LogP contribution >= 0.6 is 0 Å². The average molecular weight is 238 g/mol. The summed E-state index contributed by atoms with van der Waals surface area (Å²) >= 11 is 0. The summed E-state index contributed by atoms with van der Waals surface area (Å²) in [5.41, 5.74) is 0.676. The molecule has 6 nitrogen and oxygen atoms in total. The lowest BCUT2D eigenvalue weighted by molar-refractivity contribution is -0.146. The molecule has 3 N–H and O–H groups in total. The number of urea groups is 1. The number of aliphatic carboxylic acids is 1. The molecular weight excluding hydrogens is 224 g/mol. The number of benzene rings is 1. The van der Waals surface area contributed by atoms with Gasteiger partial charge in [-0.25, -0.2) is 9.59 Å². The lowest BCUT2D eigenvalue weighted by Crippen LogP contribution is -2.43. The maximum absolute atomic E-state index is 11.6. The van der Waals surface area contributed by atoms with Crippen LogP contribution in [-0.2, 0) is 4.79 Å². The normalized spacial score (nSPS) is 11.6. The monoisotopic (exact) mass is 238 g/mol. The predicted molar refractivity (Wildman–Crippen MR) is 61.9 cm³/mol. The van der Waals surface area contributed by atoms with Crippen LogP contribution in [0.2, 0.25) is 0 Å². The van der Waals surface area contributed by atoms with Crippen molar-refractivity contribution in [3.8, 4) is 0 Å². The van der Waals surface area contributed by atoms with Gasteiger partial charge < -0.3 is 15.5 Å². The number of anilines is 1. The van der Waals surface area contributed by atoms with Crippen molar-refractivity contribution in [1.82, 2.24) is 5.32 Å². The van der Waals surface area contributed by atoms with Crippen molar-refractivity contribution in [2.24, 2.45) is 0 Å². The first-order valence-corrected chi connectivity index (χ1v) is 5.00. The van der Waals surface area contributed by atoms with Crippen molar-refractivity contribution in [3.63, 3.8) is 0 Å². The number of carboxylic acids is 1. The molecule has 1 aromatic carbocycles. The lowest BCUT2D eigenvalue weighted by atomic mass is 10.3. The summed E-state index contributed by atoms with van der Waals surface area (Å²) in [7, 11) is 1.55. The Morgan fingerprint density at radius 1 is 1.35 bits per heavy atom. The number of rotatable bonds is 4. The molecule has 0 heterocycles. The van der Waals surface area contributed by atoms with Crippen LogP contribution in [0.3, 0.4) is 0 Å². The summed E-state index contributed by atoms with van der Waals surface area (Å²) in [6.45, 7) is -0.328. The number of aliphatic hydroxyl groups is 1. The van der Waals surface area contributed by atoms with Crippen LogP contribution in [0.4, 0.5) is 10.5 Å². The van der Waals surface area contributed by atoms with E-state index in [0.29, 0.717) is 5.69 Å². The summed E-state index contributed by atoms with van der Waals surface area (Å²) in [6.07, 6.45) is -1.59. The molecule has 0 saturated heterocycles. The molecule has 0 aliphatic rings. The molecule has 1 rings (SSSR count). The van der Waals surface area contributed by atoms with E-state index in [-0.39, 0.29) is 6.54 Å². The third kappa shape index (κ3) is 3.76. The highest BCUT2D eigenvalue weighted by Crippen LogP contribution is 2.10. The zero-order valence-electron chi connectivity index (χ0n) is 9.33. The van der Waals surface area contributed by atoms with Gasteiger partial charge in [-0.15, -0.1) is 0 Å². The molecule has 0 fully saturated rings. The Bertz CT molecular complexity index is 394. The number of aliphatic hydroxyl groups excluding tert-OH is 1. The minimum Gasteiger partial charge on any atom is -0.479 e. The van der Waals surface area contributed by atoms with E-state index in [1.807, 2.05) is 6.07 Å². The first kappa shape index (κ1) is 13.0. The van der Waals surface area contributed by atoms with E-state index in [1.165, 1.54) is 4.90 Å². The van der Waals surface area contributed by atoms with Crippen molar-refractivity contribution in [2.75, 3.05) is 18.5 Å². The summed E-state index contributed by atoms with van der Waals surface area (Å²) in [4.78, 5) is 23.2. The summed E-state index contributed by atoms with van der Waals surface area (Å²) in [6, 6.07) is 8.40. The Kier molecular flexibility index (Phi) is 4.47. The standard InChI is InChI=1S/C11H14N2O4/c1-13(8-5-3-2-4-6-8)11(17)12-7-9(14)10(15)16/h2-6,9,14H,7H2,1H3,(H,12,17)(H,15,16). The fourth-order valence-corrected chi connectivity index (χ4v) is 1.16. The molecule has 0 spiro atoms. The second-order valence-corrected chi connectivity index (χ2v) is 3.43. The Balaban J connectivity index is 2.51. The first-order chi connectivity index (χ1) is 8.02. The summed E-state index contributed by atoms with van der Waals surface area (Å²) in [5.74, 6) is -1.37. The Labute approximate surface area is 98.5 Å². The van der Waals surface area contributed by atoms with Gasteiger partial charge in [0, 0.05) is 12.7 Å². The van der Waals surface area contributed by atoms with E-state index >= 15 is 0 Å².